The highest BCUT2D eigenvalue weighted by atomic mass is 19.1. The molecule has 7 nitrogen and oxygen atoms in total. The molecule has 0 saturated heterocycles. The van der Waals surface area contributed by atoms with E-state index in [0.29, 0.717) is 11.3 Å². The van der Waals surface area contributed by atoms with E-state index in [-0.39, 0.29) is 5.82 Å². The Bertz CT molecular complexity index is 1600. The lowest BCUT2D eigenvalue weighted by Crippen LogP contribution is -1.88. The number of nitrogen functional groups attached to an aromatic ring is 1. The largest absolute Gasteiger partial charge is 0.397 e. The molecule has 0 saturated carbocycles. The summed E-state index contributed by atoms with van der Waals surface area (Å²) in [4.78, 5) is 16.5. The summed E-state index contributed by atoms with van der Waals surface area (Å²) in [6, 6.07) is 14.2. The Hall–Kier alpha value is -4.59. The minimum Gasteiger partial charge on any atom is -0.397 e. The molecule has 8 heteroatoms. The fraction of sp³-hybridized carbons (Fsp3) is 0. The van der Waals surface area contributed by atoms with Crippen LogP contribution in [0, 0.1) is 5.82 Å². The monoisotopic (exact) mass is 421 g/mol. The molecule has 5 heterocycles. The van der Waals surface area contributed by atoms with Gasteiger partial charge in [-0.15, -0.1) is 0 Å². The van der Waals surface area contributed by atoms with Gasteiger partial charge in [-0.25, -0.2) is 14.4 Å². The number of hydrogen-bond donors (Lipinski definition) is 3. The number of rotatable bonds is 3. The predicted octanol–water partition coefficient (Wildman–Crippen LogP) is 4.95. The number of fused-ring (bicyclic) bond motifs is 2. The molecule has 0 radical (unpaired) electrons. The van der Waals surface area contributed by atoms with Crippen molar-refractivity contribution >= 4 is 27.8 Å². The number of aromatic amines is 2. The molecule has 0 aliphatic heterocycles. The van der Waals surface area contributed by atoms with Crippen molar-refractivity contribution in [3.8, 4) is 33.6 Å². The molecular weight excluding hydrogens is 405 g/mol. The smallest absolute Gasteiger partial charge is 0.181 e. The van der Waals surface area contributed by atoms with Crippen LogP contribution >= 0.6 is 0 Å². The van der Waals surface area contributed by atoms with Crippen LogP contribution in [-0.2, 0) is 0 Å². The second-order valence-electron chi connectivity index (χ2n) is 7.51. The average molecular weight is 421 g/mol. The SMILES string of the molecule is Nc1cncc(-c2cnc3n[nH]c(-c4cc5c(-c6ccc(F)cc6)ccnc5[nH]4)c3c2)c1. The first-order chi connectivity index (χ1) is 15.7. The molecule has 0 fully saturated rings. The minimum atomic E-state index is -0.267. The number of benzene rings is 1. The maximum absolute atomic E-state index is 13.4. The molecule has 0 amide bonds. The van der Waals surface area contributed by atoms with Crippen molar-refractivity contribution in [1.82, 2.24) is 30.1 Å². The van der Waals surface area contributed by atoms with Gasteiger partial charge in [-0.05, 0) is 47.5 Å². The number of hydrogen-bond acceptors (Lipinski definition) is 5. The molecule has 6 aromatic rings. The molecule has 154 valence electrons. The lowest BCUT2D eigenvalue weighted by molar-refractivity contribution is 0.628. The molecule has 4 N–H and O–H groups in total. The topological polar surface area (TPSA) is 109 Å². The Kier molecular flexibility index (Phi) is 3.97. The van der Waals surface area contributed by atoms with Crippen LogP contribution in [-0.4, -0.2) is 30.1 Å². The fourth-order valence-corrected chi connectivity index (χ4v) is 3.92. The molecule has 32 heavy (non-hydrogen) atoms. The third-order valence-corrected chi connectivity index (χ3v) is 5.46. The van der Waals surface area contributed by atoms with Crippen LogP contribution in [0.5, 0.6) is 0 Å². The van der Waals surface area contributed by atoms with Crippen molar-refractivity contribution in [1.29, 1.82) is 0 Å². The van der Waals surface area contributed by atoms with Crippen LogP contribution in [0.2, 0.25) is 0 Å². The summed E-state index contributed by atoms with van der Waals surface area (Å²) < 4.78 is 13.4. The molecule has 1 aromatic carbocycles. The van der Waals surface area contributed by atoms with Gasteiger partial charge in [0.1, 0.15) is 11.5 Å². The van der Waals surface area contributed by atoms with Gasteiger partial charge in [-0.2, -0.15) is 5.10 Å². The zero-order chi connectivity index (χ0) is 21.7. The van der Waals surface area contributed by atoms with Crippen LogP contribution in [0.15, 0.2) is 73.3 Å². The maximum Gasteiger partial charge on any atom is 0.181 e. The Morgan fingerprint density at radius 3 is 2.50 bits per heavy atom. The number of H-pyrrole nitrogens is 2. The Balaban J connectivity index is 1.50. The van der Waals surface area contributed by atoms with Crippen LogP contribution in [0.3, 0.4) is 0 Å². The Labute approximate surface area is 181 Å². The number of halogens is 1. The quantitative estimate of drug-likeness (QED) is 0.374. The first kappa shape index (κ1) is 18.2. The highest BCUT2D eigenvalue weighted by Crippen LogP contribution is 2.34. The average Bonchev–Trinajstić information content (AvgIpc) is 3.43. The van der Waals surface area contributed by atoms with Crippen molar-refractivity contribution in [2.45, 2.75) is 0 Å². The molecule has 6 rings (SSSR count). The van der Waals surface area contributed by atoms with Crippen LogP contribution < -0.4 is 5.73 Å². The van der Waals surface area contributed by atoms with Crippen LogP contribution in [0.4, 0.5) is 10.1 Å². The van der Waals surface area contributed by atoms with E-state index in [0.717, 1.165) is 50.1 Å². The van der Waals surface area contributed by atoms with Gasteiger partial charge in [0, 0.05) is 46.7 Å². The molecule has 0 bridgehead atoms. The van der Waals surface area contributed by atoms with Gasteiger partial charge in [0.05, 0.1) is 17.1 Å². The Morgan fingerprint density at radius 2 is 1.66 bits per heavy atom. The van der Waals surface area contributed by atoms with Crippen molar-refractivity contribution in [2.24, 2.45) is 0 Å². The third-order valence-electron chi connectivity index (χ3n) is 5.46. The van der Waals surface area contributed by atoms with Gasteiger partial charge in [-0.1, -0.05) is 12.1 Å². The van der Waals surface area contributed by atoms with Crippen LogP contribution in [0.25, 0.3) is 55.7 Å². The highest BCUT2D eigenvalue weighted by Gasteiger charge is 2.15. The zero-order valence-electron chi connectivity index (χ0n) is 16.7. The first-order valence-corrected chi connectivity index (χ1v) is 9.95. The normalized spacial score (nSPS) is 11.4. The summed E-state index contributed by atoms with van der Waals surface area (Å²) in [7, 11) is 0. The van der Waals surface area contributed by atoms with Crippen LogP contribution in [0.1, 0.15) is 0 Å². The number of nitrogens with zero attached hydrogens (tertiary/aromatic N) is 4. The minimum absolute atomic E-state index is 0.267. The zero-order valence-corrected chi connectivity index (χ0v) is 16.7. The van der Waals surface area contributed by atoms with Crippen molar-refractivity contribution in [2.75, 3.05) is 5.73 Å². The molecular formula is C24H16FN7. The van der Waals surface area contributed by atoms with Crippen molar-refractivity contribution in [3.05, 3.63) is 79.1 Å². The predicted molar refractivity (Wildman–Crippen MR) is 122 cm³/mol. The molecule has 5 aromatic heterocycles. The van der Waals surface area contributed by atoms with E-state index in [2.05, 4.69) is 30.1 Å². The number of nitrogens with one attached hydrogen (secondary N) is 2. The summed E-state index contributed by atoms with van der Waals surface area (Å²) in [6.45, 7) is 0. The molecule has 0 spiro atoms. The van der Waals surface area contributed by atoms with Gasteiger partial charge >= 0.3 is 0 Å². The first-order valence-electron chi connectivity index (χ1n) is 9.95. The maximum atomic E-state index is 13.4. The van der Waals surface area contributed by atoms with Gasteiger partial charge < -0.3 is 10.7 Å². The lowest BCUT2D eigenvalue weighted by atomic mass is 10.0. The molecule has 0 aliphatic rings. The van der Waals surface area contributed by atoms with E-state index in [1.807, 2.05) is 24.3 Å². The number of nitrogens with two attached hydrogens (primary N) is 1. The summed E-state index contributed by atoms with van der Waals surface area (Å²) >= 11 is 0. The second-order valence-corrected chi connectivity index (χ2v) is 7.51. The lowest BCUT2D eigenvalue weighted by Gasteiger charge is -2.02. The van der Waals surface area contributed by atoms with Gasteiger partial charge in [-0.3, -0.25) is 10.1 Å². The van der Waals surface area contributed by atoms with E-state index in [9.17, 15) is 4.39 Å². The molecule has 0 atom stereocenters. The van der Waals surface area contributed by atoms with E-state index in [4.69, 9.17) is 5.73 Å². The van der Waals surface area contributed by atoms with E-state index < -0.39 is 0 Å². The van der Waals surface area contributed by atoms with Crippen molar-refractivity contribution < 1.29 is 4.39 Å². The van der Waals surface area contributed by atoms with Gasteiger partial charge in [0.25, 0.3) is 0 Å². The van der Waals surface area contributed by atoms with E-state index >= 15 is 0 Å². The van der Waals surface area contributed by atoms with E-state index in [1.54, 1.807) is 36.9 Å². The second kappa shape index (κ2) is 6.98. The highest BCUT2D eigenvalue weighted by molar-refractivity contribution is 5.99. The van der Waals surface area contributed by atoms with Crippen molar-refractivity contribution in [3.63, 3.8) is 0 Å². The number of pyridine rings is 3. The molecule has 0 unspecified atom stereocenters. The molecule has 0 aliphatic carbocycles. The van der Waals surface area contributed by atoms with E-state index in [1.165, 1.54) is 12.1 Å². The summed E-state index contributed by atoms with van der Waals surface area (Å²) in [6.07, 6.45) is 6.84. The summed E-state index contributed by atoms with van der Waals surface area (Å²) in [5.41, 5.74) is 13.1. The fourth-order valence-electron chi connectivity index (χ4n) is 3.92. The summed E-state index contributed by atoms with van der Waals surface area (Å²) in [5, 5.41) is 9.23. The Morgan fingerprint density at radius 1 is 0.812 bits per heavy atom. The standard InChI is InChI=1S/C24H16FN7/c25-16-3-1-13(2-4-16)18-5-6-28-23-19(18)9-21(30-23)22-20-8-15(11-29-24(20)32-31-22)14-7-17(26)12-27-10-14/h1-12H,26H2,(H,28,30)(H,29,31,32). The summed E-state index contributed by atoms with van der Waals surface area (Å²) in [5.74, 6) is -0.267. The third kappa shape index (κ3) is 2.97. The number of anilines is 1. The van der Waals surface area contributed by atoms with Gasteiger partial charge in [0.15, 0.2) is 5.65 Å². The van der Waals surface area contributed by atoms with Gasteiger partial charge in [0.2, 0.25) is 0 Å². The number of aromatic nitrogens is 6.